The fourth-order valence-corrected chi connectivity index (χ4v) is 1.77. The van der Waals surface area contributed by atoms with Crippen LogP contribution < -0.4 is 5.73 Å². The first kappa shape index (κ1) is 23.7. The Kier molecular flexibility index (Phi) is 14.1. The molecule has 0 spiro atoms. The van der Waals surface area contributed by atoms with Crippen molar-refractivity contribution in [3.05, 3.63) is 96.1 Å². The molecule has 1 amide bonds. The van der Waals surface area contributed by atoms with Gasteiger partial charge in [0.2, 0.25) is 6.41 Å². The molecule has 0 aromatic carbocycles. The molecule has 0 saturated heterocycles. The number of aromatic nitrogens is 2. The first-order valence-corrected chi connectivity index (χ1v) is 8.51. The molecule has 2 rings (SSSR count). The van der Waals surface area contributed by atoms with Crippen LogP contribution >= 0.6 is 0 Å². The normalized spacial score (nSPS) is 10.6. The third kappa shape index (κ3) is 13.6. The van der Waals surface area contributed by atoms with Crippen molar-refractivity contribution >= 4 is 12.1 Å². The molecular formula is C22H28N4O. The molecule has 0 fully saturated rings. The average Bonchev–Trinajstić information content (AvgIpc) is 2.69. The highest BCUT2D eigenvalue weighted by Crippen LogP contribution is 2.02. The van der Waals surface area contributed by atoms with Gasteiger partial charge in [0.15, 0.2) is 0 Å². The molecule has 5 nitrogen and oxygen atoms in total. The lowest BCUT2D eigenvalue weighted by Gasteiger charge is -1.95. The lowest BCUT2D eigenvalue weighted by Crippen LogP contribution is -1.90. The predicted octanol–water partition coefficient (Wildman–Crippen LogP) is 4.27. The van der Waals surface area contributed by atoms with Gasteiger partial charge in [-0.05, 0) is 44.9 Å². The number of amides is 1. The number of nitrogens with zero attached hydrogens (tertiary/aromatic N) is 2. The average molecular weight is 364 g/mol. The summed E-state index contributed by atoms with van der Waals surface area (Å²) in [5.41, 5.74) is 8.13. The van der Waals surface area contributed by atoms with E-state index in [0.29, 0.717) is 5.71 Å². The highest BCUT2D eigenvalue weighted by Gasteiger charge is 1.89. The Labute approximate surface area is 161 Å². The Bertz CT molecular complexity index is 735. The molecule has 27 heavy (non-hydrogen) atoms. The molecule has 0 unspecified atom stereocenters. The number of nitrogens with two attached hydrogens (primary N) is 1. The number of allylic oxidation sites excluding steroid dienone is 6. The lowest BCUT2D eigenvalue weighted by atomic mass is 10.1. The van der Waals surface area contributed by atoms with Crippen molar-refractivity contribution in [1.82, 2.24) is 9.97 Å². The summed E-state index contributed by atoms with van der Waals surface area (Å²) in [4.78, 5) is 16.5. The Morgan fingerprint density at radius 3 is 2.19 bits per heavy atom. The molecule has 0 aliphatic carbocycles. The minimum Gasteiger partial charge on any atom is -0.372 e. The highest BCUT2D eigenvalue weighted by molar-refractivity contribution is 5.95. The van der Waals surface area contributed by atoms with Crippen molar-refractivity contribution in [1.29, 1.82) is 5.41 Å². The van der Waals surface area contributed by atoms with E-state index in [2.05, 4.69) is 46.9 Å². The standard InChI is InChI=1S/C14H17N.C7H8N2.CH3NO/c1-3-4-5-7-13(2)9-10-14-8-6-11-15-12-14;1-6(8)7-3-2-4-9-5-7;2-1-3/h3-9,11-12H,10H2,1-2H3;2-5,8H,1H3;1H,(H2,2,3)/b4-3-,7-5-,13-9-;;. The van der Waals surface area contributed by atoms with Gasteiger partial charge in [0, 0.05) is 36.1 Å². The molecule has 142 valence electrons. The zero-order chi connectivity index (χ0) is 20.3. The van der Waals surface area contributed by atoms with E-state index in [0.717, 1.165) is 12.0 Å². The van der Waals surface area contributed by atoms with E-state index in [1.165, 1.54) is 11.1 Å². The number of hydrogen-bond donors (Lipinski definition) is 2. The number of pyridine rings is 2. The van der Waals surface area contributed by atoms with Gasteiger partial charge in [0.05, 0.1) is 0 Å². The van der Waals surface area contributed by atoms with E-state index in [9.17, 15) is 0 Å². The fraction of sp³-hybridized carbons (Fsp3) is 0.182. The van der Waals surface area contributed by atoms with Crippen LogP contribution in [0.3, 0.4) is 0 Å². The Morgan fingerprint density at radius 2 is 1.74 bits per heavy atom. The topological polar surface area (TPSA) is 92.7 Å². The van der Waals surface area contributed by atoms with E-state index < -0.39 is 0 Å². The van der Waals surface area contributed by atoms with Crippen molar-refractivity contribution in [2.45, 2.75) is 27.2 Å². The van der Waals surface area contributed by atoms with Crippen LogP contribution in [-0.2, 0) is 11.2 Å². The molecule has 2 heterocycles. The van der Waals surface area contributed by atoms with Crippen LogP contribution in [0.1, 0.15) is 31.9 Å². The summed E-state index contributed by atoms with van der Waals surface area (Å²) in [7, 11) is 0. The summed E-state index contributed by atoms with van der Waals surface area (Å²) < 4.78 is 0. The second-order valence-electron chi connectivity index (χ2n) is 5.40. The molecule has 0 atom stereocenters. The Balaban J connectivity index is 0.000000477. The molecule has 0 bridgehead atoms. The summed E-state index contributed by atoms with van der Waals surface area (Å²) in [5.74, 6) is 0. The third-order valence-electron chi connectivity index (χ3n) is 3.14. The van der Waals surface area contributed by atoms with Crippen LogP contribution in [0, 0.1) is 5.41 Å². The van der Waals surface area contributed by atoms with Crippen LogP contribution in [0.4, 0.5) is 0 Å². The smallest absolute Gasteiger partial charge is 0.204 e. The SMILES string of the molecule is CC(=N)c1cccnc1.C\C=C/C=C\C(C)=C/Cc1cccnc1.NC=O. The van der Waals surface area contributed by atoms with Gasteiger partial charge in [0.25, 0.3) is 0 Å². The molecule has 0 saturated carbocycles. The summed E-state index contributed by atoms with van der Waals surface area (Å²) in [5, 5.41) is 7.20. The first-order chi connectivity index (χ1) is 13.0. The summed E-state index contributed by atoms with van der Waals surface area (Å²) in [6.07, 6.45) is 18.7. The van der Waals surface area contributed by atoms with E-state index in [1.54, 1.807) is 25.5 Å². The van der Waals surface area contributed by atoms with Crippen molar-refractivity contribution in [2.24, 2.45) is 5.73 Å². The number of carbonyl (C=O) groups is 1. The minimum absolute atomic E-state index is 0.250. The van der Waals surface area contributed by atoms with Crippen molar-refractivity contribution < 1.29 is 4.79 Å². The lowest BCUT2D eigenvalue weighted by molar-refractivity contribution is -0.106. The summed E-state index contributed by atoms with van der Waals surface area (Å²) in [6.45, 7) is 5.87. The van der Waals surface area contributed by atoms with Crippen LogP contribution in [0.2, 0.25) is 0 Å². The molecule has 0 aliphatic heterocycles. The van der Waals surface area contributed by atoms with Crippen molar-refractivity contribution in [3.63, 3.8) is 0 Å². The van der Waals surface area contributed by atoms with Gasteiger partial charge in [-0.1, -0.05) is 48.1 Å². The Hall–Kier alpha value is -3.34. The zero-order valence-corrected chi connectivity index (χ0v) is 16.2. The number of primary amides is 1. The number of carbonyl (C=O) groups excluding carboxylic acids is 1. The van der Waals surface area contributed by atoms with Gasteiger partial charge in [-0.2, -0.15) is 0 Å². The van der Waals surface area contributed by atoms with Gasteiger partial charge < -0.3 is 11.1 Å². The monoisotopic (exact) mass is 364 g/mol. The van der Waals surface area contributed by atoms with Gasteiger partial charge in [0.1, 0.15) is 0 Å². The number of nitrogens with one attached hydrogen (secondary N) is 1. The predicted molar refractivity (Wildman–Crippen MR) is 113 cm³/mol. The minimum atomic E-state index is 0.250. The van der Waals surface area contributed by atoms with Crippen LogP contribution in [0.25, 0.3) is 0 Å². The number of hydrogen-bond acceptors (Lipinski definition) is 4. The molecule has 5 heteroatoms. The molecular weight excluding hydrogens is 336 g/mol. The third-order valence-corrected chi connectivity index (χ3v) is 3.14. The second-order valence-corrected chi connectivity index (χ2v) is 5.40. The van der Waals surface area contributed by atoms with Crippen LogP contribution in [0.5, 0.6) is 0 Å². The molecule has 2 aromatic heterocycles. The fourth-order valence-electron chi connectivity index (χ4n) is 1.77. The summed E-state index contributed by atoms with van der Waals surface area (Å²) >= 11 is 0. The number of rotatable bonds is 5. The van der Waals surface area contributed by atoms with Crippen molar-refractivity contribution in [3.8, 4) is 0 Å². The highest BCUT2D eigenvalue weighted by atomic mass is 16.1. The maximum Gasteiger partial charge on any atom is 0.204 e. The maximum absolute atomic E-state index is 8.58. The van der Waals surface area contributed by atoms with Crippen LogP contribution in [0.15, 0.2) is 85.0 Å². The van der Waals surface area contributed by atoms with Gasteiger partial charge in [-0.15, -0.1) is 0 Å². The van der Waals surface area contributed by atoms with Gasteiger partial charge in [-0.25, -0.2) is 0 Å². The largest absolute Gasteiger partial charge is 0.372 e. The van der Waals surface area contributed by atoms with Crippen LogP contribution in [-0.4, -0.2) is 22.1 Å². The van der Waals surface area contributed by atoms with E-state index >= 15 is 0 Å². The second kappa shape index (κ2) is 16.1. The van der Waals surface area contributed by atoms with Gasteiger partial charge in [-0.3, -0.25) is 14.8 Å². The summed E-state index contributed by atoms with van der Waals surface area (Å²) in [6, 6.07) is 7.75. The quantitative estimate of drug-likeness (QED) is 0.471. The molecule has 3 N–H and O–H groups in total. The first-order valence-electron chi connectivity index (χ1n) is 8.51. The Morgan fingerprint density at radius 1 is 1.11 bits per heavy atom. The maximum atomic E-state index is 8.58. The molecule has 0 aliphatic rings. The van der Waals surface area contributed by atoms with E-state index in [-0.39, 0.29) is 6.41 Å². The molecule has 0 radical (unpaired) electrons. The van der Waals surface area contributed by atoms with Gasteiger partial charge >= 0.3 is 0 Å². The van der Waals surface area contributed by atoms with E-state index in [4.69, 9.17) is 10.2 Å². The molecule has 2 aromatic rings. The van der Waals surface area contributed by atoms with Crippen molar-refractivity contribution in [2.75, 3.05) is 0 Å². The zero-order valence-electron chi connectivity index (χ0n) is 16.2. The van der Waals surface area contributed by atoms with E-state index in [1.807, 2.05) is 43.5 Å².